The number of amides is 18. The minimum absolute atomic E-state index is 0.0399. The fraction of sp³-hybridized carbons (Fsp3) is 0.507. The Balaban J connectivity index is 1.30. The first-order chi connectivity index (χ1) is 54.7. The van der Waals surface area contributed by atoms with Crippen LogP contribution in [0.2, 0.25) is 0 Å². The number of carbonyl (C=O) groups is 19. The van der Waals surface area contributed by atoms with Crippen LogP contribution in [-0.2, 0) is 110 Å². The van der Waals surface area contributed by atoms with Crippen molar-refractivity contribution in [2.45, 2.75) is 173 Å². The number of carboxylic acid groups (broad SMARTS) is 1. The van der Waals surface area contributed by atoms with Crippen molar-refractivity contribution < 1.29 is 106 Å². The van der Waals surface area contributed by atoms with Crippen molar-refractivity contribution in [3.8, 4) is 5.75 Å². The smallest absolute Gasteiger partial charge is 0.322 e. The maximum Gasteiger partial charge on any atom is 0.322 e. The second kappa shape index (κ2) is 48.4. The Morgan fingerprint density at radius 1 is 0.422 bits per heavy atom. The Labute approximate surface area is 668 Å². The number of rotatable bonds is 48. The number of likely N-dealkylation sites (tertiary alicyclic amines) is 1. The first-order valence-corrected chi connectivity index (χ1v) is 37.4. The topological polar surface area (TPSA) is 647 Å². The van der Waals surface area contributed by atoms with Crippen LogP contribution in [0.4, 0.5) is 0 Å². The van der Waals surface area contributed by atoms with Crippen LogP contribution < -0.4 is 97.0 Å². The summed E-state index contributed by atoms with van der Waals surface area (Å²) in [4.78, 5) is 251. The van der Waals surface area contributed by atoms with E-state index in [-0.39, 0.29) is 63.2 Å². The van der Waals surface area contributed by atoms with E-state index >= 15 is 0 Å². The standard InChI is InChI=1S/C75H107N19O22/c1-39(2)27-49(68(109)85-38-62(105)106)90-70(111)51(29-44-17-12-9-13-18-44)87-59(102)35-79-56(99)32-81-69(110)50(30-45-20-22-46(96)23-21-45)86-58(101)34-80-57(100)33-83-73(114)64(41(5)6)92-71(112)53-19-14-26-94(53)75(116)52(31-55(78)98)88-60(103)36-84-72(113)63(40(3)4)91-61(104)37-82-67(108)48(24-25-54(77)97)89-74(115)65(42(7)95)93-66(107)47(76)28-43-15-10-8-11-16-43/h8-13,15-18,20-23,39-42,47-53,63-65,95-96H,14,19,24-38,76H2,1-7H3,(H2,77,97)(H2,78,98)(H,79,99)(H,80,100)(H,81,110)(H,82,108)(H,83,114)(H,84,113)(H,85,109)(H,86,101)(H,87,102)(H,88,103)(H,89,115)(H,90,111)(H,91,104)(H,92,112)(H,93,107)(H,105,106)/t42-,47+,48+,49+,50+,51+,52+,53+,63+,64+,65+/m1/s1. The number of aliphatic carboxylic acids is 1. The molecule has 634 valence electrons. The summed E-state index contributed by atoms with van der Waals surface area (Å²) in [5, 5.41) is 65.2. The van der Waals surface area contributed by atoms with Crippen LogP contribution in [-0.4, -0.2) is 251 Å². The molecule has 116 heavy (non-hydrogen) atoms. The zero-order valence-electron chi connectivity index (χ0n) is 65.5. The Morgan fingerprint density at radius 2 is 0.845 bits per heavy atom. The molecule has 4 rings (SSSR count). The van der Waals surface area contributed by atoms with Gasteiger partial charge in [0.1, 0.15) is 66.7 Å². The van der Waals surface area contributed by atoms with E-state index in [0.29, 0.717) is 16.7 Å². The van der Waals surface area contributed by atoms with Gasteiger partial charge >= 0.3 is 5.97 Å². The predicted molar refractivity (Wildman–Crippen MR) is 412 cm³/mol. The van der Waals surface area contributed by atoms with Crippen molar-refractivity contribution in [3.05, 3.63) is 102 Å². The molecule has 0 spiro atoms. The molecule has 1 saturated heterocycles. The Bertz CT molecular complexity index is 3960. The molecule has 1 aliphatic heterocycles. The van der Waals surface area contributed by atoms with Crippen molar-refractivity contribution in [3.63, 3.8) is 0 Å². The van der Waals surface area contributed by atoms with Crippen LogP contribution in [0.1, 0.15) is 104 Å². The molecule has 3 aromatic rings. The molecule has 0 unspecified atom stereocenters. The molecule has 41 nitrogen and oxygen atoms in total. The Morgan fingerprint density at radius 3 is 1.33 bits per heavy atom. The third-order valence-corrected chi connectivity index (χ3v) is 17.7. The van der Waals surface area contributed by atoms with E-state index < -0.39 is 249 Å². The van der Waals surface area contributed by atoms with E-state index in [2.05, 4.69) is 79.8 Å². The van der Waals surface area contributed by atoms with Gasteiger partial charge in [0, 0.05) is 25.8 Å². The number of carbonyl (C=O) groups excluding carboxylic acids is 18. The van der Waals surface area contributed by atoms with E-state index in [4.69, 9.17) is 22.3 Å². The lowest BCUT2D eigenvalue weighted by Crippen LogP contribution is -2.59. The van der Waals surface area contributed by atoms with Crippen molar-refractivity contribution in [2.24, 2.45) is 35.0 Å². The third kappa shape index (κ3) is 34.7. The third-order valence-electron chi connectivity index (χ3n) is 17.7. The van der Waals surface area contributed by atoms with E-state index in [0.717, 1.165) is 4.90 Å². The zero-order valence-corrected chi connectivity index (χ0v) is 65.5. The maximum absolute atomic E-state index is 14.2. The lowest BCUT2D eigenvalue weighted by Gasteiger charge is -2.30. The van der Waals surface area contributed by atoms with Gasteiger partial charge in [0.05, 0.1) is 57.8 Å². The highest BCUT2D eigenvalue weighted by Crippen LogP contribution is 2.21. The van der Waals surface area contributed by atoms with Crippen LogP contribution in [0.15, 0.2) is 84.9 Å². The van der Waals surface area contributed by atoms with Gasteiger partial charge < -0.3 is 117 Å². The maximum atomic E-state index is 14.2. The summed E-state index contributed by atoms with van der Waals surface area (Å²) in [6, 6.07) is 8.80. The average Bonchev–Trinajstić information content (AvgIpc) is 1.65. The van der Waals surface area contributed by atoms with Crippen LogP contribution in [0.3, 0.4) is 0 Å². The molecule has 18 amide bonds. The van der Waals surface area contributed by atoms with Gasteiger partial charge in [-0.1, -0.05) is 114 Å². The highest BCUT2D eigenvalue weighted by Gasteiger charge is 2.41. The number of aromatic hydroxyl groups is 1. The molecule has 24 N–H and O–H groups in total. The molecular formula is C75H107N19O22. The predicted octanol–water partition coefficient (Wildman–Crippen LogP) is -7.61. The SMILES string of the molecule is CC(C)C[C@H](NC(=O)[C@H](Cc1ccccc1)NC(=O)CNC(=O)CNC(=O)[C@H](Cc1ccc(O)cc1)NC(=O)CNC(=O)CNC(=O)[C@@H](NC(=O)[C@@H]1CCCN1C(=O)[C@H](CC(N)=O)NC(=O)CNC(=O)[C@@H](NC(=O)CNC(=O)[C@H](CCC(N)=O)NC(=O)[C@@H](NC(=O)[C@@H](N)Cc1ccccc1)[C@@H](C)O)C(C)C)C(C)C)C(=O)NCC(=O)O. The summed E-state index contributed by atoms with van der Waals surface area (Å²) in [5.41, 5.74) is 18.6. The van der Waals surface area contributed by atoms with Crippen LogP contribution in [0.25, 0.3) is 0 Å². The summed E-state index contributed by atoms with van der Waals surface area (Å²) >= 11 is 0. The Kier molecular flexibility index (Phi) is 39.9. The summed E-state index contributed by atoms with van der Waals surface area (Å²) < 4.78 is 0. The quantitative estimate of drug-likeness (QED) is 0.0250. The molecular weight excluding hydrogens is 1520 g/mol. The molecule has 0 bridgehead atoms. The number of carboxylic acids is 1. The number of hydrogen-bond acceptors (Lipinski definition) is 22. The lowest BCUT2D eigenvalue weighted by atomic mass is 10.0. The highest BCUT2D eigenvalue weighted by molar-refractivity contribution is 6.00. The van der Waals surface area contributed by atoms with Crippen LogP contribution >= 0.6 is 0 Å². The second-order valence-corrected chi connectivity index (χ2v) is 28.6. The van der Waals surface area contributed by atoms with E-state index in [1.807, 2.05) is 0 Å². The fourth-order valence-electron chi connectivity index (χ4n) is 11.6. The van der Waals surface area contributed by atoms with Gasteiger partial charge in [-0.3, -0.25) is 91.1 Å². The van der Waals surface area contributed by atoms with E-state index in [1.54, 1.807) is 88.4 Å². The molecule has 1 aliphatic rings. The largest absolute Gasteiger partial charge is 0.508 e. The normalized spacial score (nSPS) is 14.9. The summed E-state index contributed by atoms with van der Waals surface area (Å²) in [7, 11) is 0. The number of phenolic OH excluding ortho intramolecular Hbond substituents is 1. The van der Waals surface area contributed by atoms with Crippen LogP contribution in [0.5, 0.6) is 5.75 Å². The lowest BCUT2D eigenvalue weighted by molar-refractivity contribution is -0.143. The molecule has 1 fully saturated rings. The number of nitrogens with two attached hydrogens (primary N) is 3. The van der Waals surface area contributed by atoms with Gasteiger partial charge in [-0.2, -0.15) is 0 Å². The van der Waals surface area contributed by atoms with Crippen molar-refractivity contribution in [1.82, 2.24) is 84.7 Å². The number of hydrogen-bond donors (Lipinski definition) is 21. The van der Waals surface area contributed by atoms with Crippen LogP contribution in [0, 0.1) is 17.8 Å². The van der Waals surface area contributed by atoms with Gasteiger partial charge in [-0.05, 0) is 85.6 Å². The van der Waals surface area contributed by atoms with Gasteiger partial charge in [0.15, 0.2) is 0 Å². The van der Waals surface area contributed by atoms with Gasteiger partial charge in [-0.15, -0.1) is 0 Å². The first kappa shape index (κ1) is 95.7. The first-order valence-electron chi connectivity index (χ1n) is 37.4. The minimum Gasteiger partial charge on any atom is -0.508 e. The number of phenols is 1. The number of aliphatic hydroxyl groups is 1. The number of primary amides is 2. The monoisotopic (exact) mass is 1630 g/mol. The zero-order chi connectivity index (χ0) is 86.5. The molecule has 41 heteroatoms. The molecule has 0 aliphatic carbocycles. The van der Waals surface area contributed by atoms with E-state index in [1.165, 1.54) is 45.0 Å². The van der Waals surface area contributed by atoms with Gasteiger partial charge in [0.2, 0.25) is 106 Å². The molecule has 11 atom stereocenters. The van der Waals surface area contributed by atoms with Crippen molar-refractivity contribution in [2.75, 3.05) is 52.4 Å². The highest BCUT2D eigenvalue weighted by atomic mass is 16.4. The molecule has 0 saturated carbocycles. The molecule has 0 radical (unpaired) electrons. The molecule has 0 aromatic heterocycles. The van der Waals surface area contributed by atoms with Crippen molar-refractivity contribution >= 4 is 112 Å². The van der Waals surface area contributed by atoms with Crippen molar-refractivity contribution in [1.29, 1.82) is 0 Å². The van der Waals surface area contributed by atoms with Gasteiger partial charge in [-0.25, -0.2) is 0 Å². The molecule has 3 aromatic carbocycles. The fourth-order valence-corrected chi connectivity index (χ4v) is 11.6. The second-order valence-electron chi connectivity index (χ2n) is 28.6. The Hall–Kier alpha value is -12.7. The number of benzene rings is 3. The average molecular weight is 1630 g/mol. The number of aliphatic hydroxyl groups excluding tert-OH is 1. The minimum atomic E-state index is -1.70. The summed E-state index contributed by atoms with van der Waals surface area (Å²) in [6.07, 6.45) is -2.93. The summed E-state index contributed by atoms with van der Waals surface area (Å²) in [5.74, 6) is -19.3. The van der Waals surface area contributed by atoms with E-state index in [9.17, 15) is 101 Å². The number of nitrogens with zero attached hydrogens (tertiary/aromatic N) is 1. The summed E-state index contributed by atoms with van der Waals surface area (Å²) in [6.45, 7) is 5.53. The number of nitrogens with one attached hydrogen (secondary N) is 15. The molecule has 1 heterocycles. The van der Waals surface area contributed by atoms with Gasteiger partial charge in [0.25, 0.3) is 0 Å².